The quantitative estimate of drug-likeness (QED) is 0.431. The summed E-state index contributed by atoms with van der Waals surface area (Å²) in [6.45, 7) is 5.97. The molecule has 2 aliphatic rings. The molecule has 0 bridgehead atoms. The van der Waals surface area contributed by atoms with Gasteiger partial charge in [-0.1, -0.05) is 0 Å². The number of esters is 1. The summed E-state index contributed by atoms with van der Waals surface area (Å²) in [4.78, 5) is 25.3. The van der Waals surface area contributed by atoms with E-state index in [2.05, 4.69) is 4.57 Å². The minimum Gasteiger partial charge on any atom is -0.454 e. The van der Waals surface area contributed by atoms with Gasteiger partial charge in [0.1, 0.15) is 0 Å². The van der Waals surface area contributed by atoms with Crippen molar-refractivity contribution >= 4 is 21.8 Å². The molecule has 0 spiro atoms. The number of aryl methyl sites for hydroxylation is 1. The highest BCUT2D eigenvalue weighted by Crippen LogP contribution is 2.22. The molecule has 0 saturated carbocycles. The summed E-state index contributed by atoms with van der Waals surface area (Å²) < 4.78 is 39.7. The van der Waals surface area contributed by atoms with Crippen LogP contribution in [0.1, 0.15) is 57.8 Å². The minimum absolute atomic E-state index is 0.149. The molecule has 0 N–H and O–H groups in total. The van der Waals surface area contributed by atoms with E-state index in [1.54, 1.807) is 0 Å². The molecule has 33 heavy (non-hydrogen) atoms. The highest BCUT2D eigenvalue weighted by Gasteiger charge is 2.27. The normalized spacial score (nSPS) is 19.2. The first-order valence-electron chi connectivity index (χ1n) is 11.4. The zero-order valence-corrected chi connectivity index (χ0v) is 19.9. The fraction of sp³-hybridized carbons (Fsp3) is 0.500. The zero-order chi connectivity index (χ0) is 23.6. The molecule has 9 heteroatoms. The number of hydrogen-bond acceptors (Lipinski definition) is 6. The molecule has 4 rings (SSSR count). The molecule has 1 unspecified atom stereocenters. The van der Waals surface area contributed by atoms with Crippen molar-refractivity contribution in [2.75, 3.05) is 26.3 Å². The summed E-state index contributed by atoms with van der Waals surface area (Å²) in [6.07, 6.45) is 3.93. The Hall–Kier alpha value is -2.49. The Morgan fingerprint density at radius 3 is 2.42 bits per heavy atom. The lowest BCUT2D eigenvalue weighted by Crippen LogP contribution is -2.27. The average Bonchev–Trinajstić information content (AvgIpc) is 3.57. The highest BCUT2D eigenvalue weighted by molar-refractivity contribution is 7.89. The Labute approximate surface area is 194 Å². The van der Waals surface area contributed by atoms with Crippen molar-refractivity contribution in [1.29, 1.82) is 0 Å². The topological polar surface area (TPSA) is 94.9 Å². The summed E-state index contributed by atoms with van der Waals surface area (Å²) in [5.41, 5.74) is 2.53. The highest BCUT2D eigenvalue weighted by atomic mass is 32.2. The Bertz CT molecular complexity index is 1120. The predicted octanol–water partition coefficient (Wildman–Crippen LogP) is 3.11. The van der Waals surface area contributed by atoms with E-state index in [1.165, 1.54) is 28.6 Å². The number of sulfonamides is 1. The van der Waals surface area contributed by atoms with Crippen LogP contribution in [0.4, 0.5) is 0 Å². The average molecular weight is 475 g/mol. The van der Waals surface area contributed by atoms with Gasteiger partial charge in [-0.15, -0.1) is 0 Å². The van der Waals surface area contributed by atoms with Crippen LogP contribution in [0, 0.1) is 13.8 Å². The third-order valence-corrected chi connectivity index (χ3v) is 8.32. The second kappa shape index (κ2) is 9.79. The fourth-order valence-corrected chi connectivity index (χ4v) is 6.01. The van der Waals surface area contributed by atoms with Crippen molar-refractivity contribution in [2.45, 2.75) is 57.1 Å². The lowest BCUT2D eigenvalue weighted by molar-refractivity contribution is 0.0474. The SMILES string of the molecule is Cc1cc(C(=O)COC(=O)c2ccc(S(=O)(=O)N3CCCC3)cc2)c(C)n1CC1CCCO1. The van der Waals surface area contributed by atoms with E-state index in [1.807, 2.05) is 19.9 Å². The summed E-state index contributed by atoms with van der Waals surface area (Å²) in [5, 5.41) is 0. The third kappa shape index (κ3) is 5.05. The van der Waals surface area contributed by atoms with Gasteiger partial charge in [0.2, 0.25) is 15.8 Å². The first-order chi connectivity index (χ1) is 15.8. The molecule has 178 valence electrons. The second-order valence-corrected chi connectivity index (χ2v) is 10.6. The summed E-state index contributed by atoms with van der Waals surface area (Å²) in [5.74, 6) is -0.940. The maximum Gasteiger partial charge on any atom is 0.338 e. The van der Waals surface area contributed by atoms with E-state index in [-0.39, 0.29) is 29.0 Å². The largest absolute Gasteiger partial charge is 0.454 e. The number of carbonyl (C=O) groups is 2. The molecule has 3 heterocycles. The number of hydrogen-bond donors (Lipinski definition) is 0. The predicted molar refractivity (Wildman–Crippen MR) is 122 cm³/mol. The standard InChI is InChI=1S/C24H30N2O6S/c1-17-14-22(18(2)26(17)15-20-6-5-13-31-20)23(27)16-32-24(28)19-7-9-21(10-8-19)33(29,30)25-11-3-4-12-25/h7-10,14,20H,3-6,11-13,15-16H2,1-2H3. The molecule has 1 aromatic carbocycles. The third-order valence-electron chi connectivity index (χ3n) is 6.41. The maximum atomic E-state index is 12.7. The number of carbonyl (C=O) groups excluding carboxylic acids is 2. The van der Waals surface area contributed by atoms with Crippen LogP contribution in [-0.2, 0) is 26.0 Å². The van der Waals surface area contributed by atoms with Gasteiger partial charge in [-0.25, -0.2) is 13.2 Å². The van der Waals surface area contributed by atoms with Crippen molar-refractivity contribution in [3.05, 3.63) is 52.8 Å². The molecule has 2 aromatic rings. The number of ether oxygens (including phenoxy) is 2. The van der Waals surface area contributed by atoms with E-state index in [9.17, 15) is 18.0 Å². The Morgan fingerprint density at radius 2 is 1.79 bits per heavy atom. The molecular weight excluding hydrogens is 444 g/mol. The van der Waals surface area contributed by atoms with E-state index in [0.717, 1.165) is 43.7 Å². The van der Waals surface area contributed by atoms with Gasteiger partial charge in [-0.05, 0) is 69.9 Å². The number of nitrogens with zero attached hydrogens (tertiary/aromatic N) is 2. The molecule has 0 aliphatic carbocycles. The molecule has 8 nitrogen and oxygen atoms in total. The second-order valence-electron chi connectivity index (χ2n) is 8.67. The van der Waals surface area contributed by atoms with Crippen LogP contribution >= 0.6 is 0 Å². The van der Waals surface area contributed by atoms with Crippen molar-refractivity contribution in [1.82, 2.24) is 8.87 Å². The number of rotatable bonds is 8. The fourth-order valence-electron chi connectivity index (χ4n) is 4.49. The van der Waals surface area contributed by atoms with Crippen LogP contribution in [0.3, 0.4) is 0 Å². The molecule has 2 fully saturated rings. The lowest BCUT2D eigenvalue weighted by Gasteiger charge is -2.15. The van der Waals surface area contributed by atoms with Gasteiger partial charge >= 0.3 is 5.97 Å². The van der Waals surface area contributed by atoms with Crippen LogP contribution in [0.2, 0.25) is 0 Å². The lowest BCUT2D eigenvalue weighted by atomic mass is 10.1. The Balaban J connectivity index is 1.37. The van der Waals surface area contributed by atoms with Gasteiger partial charge in [0.05, 0.1) is 16.6 Å². The summed E-state index contributed by atoms with van der Waals surface area (Å²) in [6, 6.07) is 7.47. The first-order valence-corrected chi connectivity index (χ1v) is 12.8. The van der Waals surface area contributed by atoms with Gasteiger partial charge in [0, 0.05) is 43.2 Å². The smallest absolute Gasteiger partial charge is 0.338 e. The van der Waals surface area contributed by atoms with Crippen LogP contribution in [0.5, 0.6) is 0 Å². The molecule has 1 aromatic heterocycles. The number of benzene rings is 1. The van der Waals surface area contributed by atoms with Crippen LogP contribution in [0.15, 0.2) is 35.2 Å². The monoisotopic (exact) mass is 474 g/mol. The Morgan fingerprint density at radius 1 is 1.09 bits per heavy atom. The van der Waals surface area contributed by atoms with Gasteiger partial charge < -0.3 is 14.0 Å². The van der Waals surface area contributed by atoms with Crippen LogP contribution < -0.4 is 0 Å². The first kappa shape index (κ1) is 23.7. The number of ketones is 1. The van der Waals surface area contributed by atoms with Gasteiger partial charge in [-0.2, -0.15) is 4.31 Å². The molecule has 1 atom stereocenters. The summed E-state index contributed by atoms with van der Waals surface area (Å²) in [7, 11) is -3.54. The number of aromatic nitrogens is 1. The Kier molecular flexibility index (Phi) is 7.02. The molecule has 0 radical (unpaired) electrons. The van der Waals surface area contributed by atoms with Crippen molar-refractivity contribution in [3.63, 3.8) is 0 Å². The van der Waals surface area contributed by atoms with Gasteiger partial charge in [-0.3, -0.25) is 4.79 Å². The summed E-state index contributed by atoms with van der Waals surface area (Å²) >= 11 is 0. The zero-order valence-electron chi connectivity index (χ0n) is 19.1. The molecule has 2 saturated heterocycles. The van der Waals surface area contributed by atoms with Crippen molar-refractivity contribution in [2.24, 2.45) is 0 Å². The van der Waals surface area contributed by atoms with Crippen molar-refractivity contribution in [3.8, 4) is 0 Å². The maximum absolute atomic E-state index is 12.7. The number of Topliss-reactive ketones (excluding diaryl/α,β-unsaturated/α-hetero) is 1. The van der Waals surface area contributed by atoms with E-state index in [0.29, 0.717) is 25.2 Å². The van der Waals surface area contributed by atoms with Crippen LogP contribution in [0.25, 0.3) is 0 Å². The van der Waals surface area contributed by atoms with Crippen LogP contribution in [-0.4, -0.2) is 61.4 Å². The van der Waals surface area contributed by atoms with Gasteiger partial charge in [0.25, 0.3) is 0 Å². The minimum atomic E-state index is -3.54. The van der Waals surface area contributed by atoms with E-state index >= 15 is 0 Å². The van der Waals surface area contributed by atoms with E-state index in [4.69, 9.17) is 9.47 Å². The molecule has 0 amide bonds. The van der Waals surface area contributed by atoms with Crippen molar-refractivity contribution < 1.29 is 27.5 Å². The molecule has 2 aliphatic heterocycles. The van der Waals surface area contributed by atoms with Gasteiger partial charge in [0.15, 0.2) is 6.61 Å². The molecular formula is C24H30N2O6S. The van der Waals surface area contributed by atoms with E-state index < -0.39 is 16.0 Å².